The van der Waals surface area contributed by atoms with E-state index in [1.807, 2.05) is 42.5 Å². The highest BCUT2D eigenvalue weighted by molar-refractivity contribution is 5.93. The van der Waals surface area contributed by atoms with Crippen LogP contribution in [0.3, 0.4) is 0 Å². The Morgan fingerprint density at radius 2 is 1.49 bits per heavy atom. The van der Waals surface area contributed by atoms with E-state index in [1.54, 1.807) is 0 Å². The fourth-order valence-corrected chi connectivity index (χ4v) is 5.39. The van der Waals surface area contributed by atoms with Crippen LogP contribution in [0, 0.1) is 0 Å². The molecule has 1 fully saturated rings. The van der Waals surface area contributed by atoms with E-state index in [2.05, 4.69) is 78.2 Å². The fourth-order valence-electron chi connectivity index (χ4n) is 5.39. The summed E-state index contributed by atoms with van der Waals surface area (Å²) >= 11 is 0. The van der Waals surface area contributed by atoms with Crippen LogP contribution in [0.5, 0.6) is 0 Å². The minimum absolute atomic E-state index is 0.123. The standard InChI is InChI=1S/C32H36N4O/c1-36(2)30-22-31(35-29-16-10-9-15-27(29)30)33-25-17-19-26(20-18-25)34-32(37)28(24-13-7-4-8-14-24)21-23-11-5-3-6-12-23/h3-16,22,25-26,28H,17-21H2,1-2H3,(H,33,35)(H,34,37)/t25-,26+,28?. The van der Waals surface area contributed by atoms with Crippen LogP contribution in [0.2, 0.25) is 0 Å². The highest BCUT2D eigenvalue weighted by Gasteiger charge is 2.27. The molecule has 4 aromatic rings. The van der Waals surface area contributed by atoms with Crippen LogP contribution in [-0.4, -0.2) is 37.1 Å². The summed E-state index contributed by atoms with van der Waals surface area (Å²) < 4.78 is 0. The number of nitrogens with one attached hydrogen (secondary N) is 2. The number of hydrogen-bond donors (Lipinski definition) is 2. The van der Waals surface area contributed by atoms with Gasteiger partial charge in [0.15, 0.2) is 0 Å². The lowest BCUT2D eigenvalue weighted by Crippen LogP contribution is -2.42. The molecule has 5 nitrogen and oxygen atoms in total. The van der Waals surface area contributed by atoms with Crippen LogP contribution in [0.25, 0.3) is 10.9 Å². The molecule has 1 saturated carbocycles. The van der Waals surface area contributed by atoms with E-state index in [0.717, 1.165) is 48.0 Å². The first-order valence-electron chi connectivity index (χ1n) is 13.3. The smallest absolute Gasteiger partial charge is 0.228 e. The molecule has 0 aliphatic heterocycles. The number of fused-ring (bicyclic) bond motifs is 1. The first-order valence-corrected chi connectivity index (χ1v) is 13.3. The second-order valence-electron chi connectivity index (χ2n) is 10.3. The molecule has 1 aliphatic rings. The van der Waals surface area contributed by atoms with E-state index in [9.17, 15) is 4.79 Å². The highest BCUT2D eigenvalue weighted by Crippen LogP contribution is 2.30. The molecule has 190 valence electrons. The van der Waals surface area contributed by atoms with Crippen molar-refractivity contribution in [2.75, 3.05) is 24.3 Å². The fraction of sp³-hybridized carbons (Fsp3) is 0.312. The number of hydrogen-bond acceptors (Lipinski definition) is 4. The Morgan fingerprint density at radius 1 is 0.865 bits per heavy atom. The Balaban J connectivity index is 1.21. The Labute approximate surface area is 219 Å². The molecule has 1 amide bonds. The molecule has 1 heterocycles. The molecule has 37 heavy (non-hydrogen) atoms. The van der Waals surface area contributed by atoms with Crippen molar-refractivity contribution in [1.82, 2.24) is 10.3 Å². The average Bonchev–Trinajstić information content (AvgIpc) is 2.93. The number of carbonyl (C=O) groups excluding carboxylic acids is 1. The minimum Gasteiger partial charge on any atom is -0.377 e. The molecule has 1 atom stereocenters. The lowest BCUT2D eigenvalue weighted by molar-refractivity contribution is -0.123. The van der Waals surface area contributed by atoms with Crippen LogP contribution in [-0.2, 0) is 11.2 Å². The number of para-hydroxylation sites is 1. The number of nitrogens with zero attached hydrogens (tertiary/aromatic N) is 2. The van der Waals surface area contributed by atoms with Gasteiger partial charge in [0.2, 0.25) is 5.91 Å². The van der Waals surface area contributed by atoms with Gasteiger partial charge in [0, 0.05) is 43.3 Å². The maximum absolute atomic E-state index is 13.5. The van der Waals surface area contributed by atoms with Gasteiger partial charge in [-0.25, -0.2) is 4.98 Å². The average molecular weight is 493 g/mol. The maximum atomic E-state index is 13.5. The molecule has 1 aromatic heterocycles. The number of amides is 1. The van der Waals surface area contributed by atoms with Gasteiger partial charge in [-0.3, -0.25) is 4.79 Å². The number of pyridine rings is 1. The van der Waals surface area contributed by atoms with E-state index in [0.29, 0.717) is 12.5 Å². The Hall–Kier alpha value is -3.86. The van der Waals surface area contributed by atoms with E-state index in [1.165, 1.54) is 11.3 Å². The van der Waals surface area contributed by atoms with Crippen molar-refractivity contribution in [1.29, 1.82) is 0 Å². The second kappa shape index (κ2) is 11.5. The van der Waals surface area contributed by atoms with Crippen molar-refractivity contribution in [3.63, 3.8) is 0 Å². The molecule has 0 radical (unpaired) electrons. The molecule has 5 rings (SSSR count). The number of benzene rings is 3. The van der Waals surface area contributed by atoms with Crippen LogP contribution >= 0.6 is 0 Å². The predicted octanol–water partition coefficient (Wildman–Crippen LogP) is 6.17. The molecule has 0 bridgehead atoms. The van der Waals surface area contributed by atoms with Crippen LogP contribution < -0.4 is 15.5 Å². The van der Waals surface area contributed by atoms with Crippen molar-refractivity contribution < 1.29 is 4.79 Å². The quantitative estimate of drug-likeness (QED) is 0.309. The van der Waals surface area contributed by atoms with Gasteiger partial charge < -0.3 is 15.5 Å². The lowest BCUT2D eigenvalue weighted by atomic mass is 9.88. The van der Waals surface area contributed by atoms with Crippen molar-refractivity contribution >= 4 is 28.3 Å². The zero-order valence-electron chi connectivity index (χ0n) is 21.7. The number of rotatable bonds is 8. The molecular weight excluding hydrogens is 456 g/mol. The highest BCUT2D eigenvalue weighted by atomic mass is 16.1. The second-order valence-corrected chi connectivity index (χ2v) is 10.3. The predicted molar refractivity (Wildman–Crippen MR) is 153 cm³/mol. The Bertz CT molecular complexity index is 1310. The number of aromatic nitrogens is 1. The third-order valence-electron chi connectivity index (χ3n) is 7.40. The molecule has 1 unspecified atom stereocenters. The van der Waals surface area contributed by atoms with Crippen molar-refractivity contribution in [3.8, 4) is 0 Å². The number of anilines is 2. The maximum Gasteiger partial charge on any atom is 0.228 e. The molecule has 1 aliphatic carbocycles. The molecular formula is C32H36N4O. The minimum atomic E-state index is -0.189. The topological polar surface area (TPSA) is 57.3 Å². The van der Waals surface area contributed by atoms with Gasteiger partial charge in [0.25, 0.3) is 0 Å². The molecule has 5 heteroatoms. The van der Waals surface area contributed by atoms with Gasteiger partial charge in [0.1, 0.15) is 5.82 Å². The summed E-state index contributed by atoms with van der Waals surface area (Å²) in [5.74, 6) is 0.853. The normalized spacial score (nSPS) is 18.2. The third-order valence-corrected chi connectivity index (χ3v) is 7.40. The van der Waals surface area contributed by atoms with Crippen molar-refractivity contribution in [3.05, 3.63) is 102 Å². The molecule has 2 N–H and O–H groups in total. The van der Waals surface area contributed by atoms with Gasteiger partial charge in [-0.05, 0) is 49.3 Å². The van der Waals surface area contributed by atoms with Crippen LogP contribution in [0.4, 0.5) is 11.5 Å². The molecule has 0 spiro atoms. The van der Waals surface area contributed by atoms with Crippen LogP contribution in [0.1, 0.15) is 42.7 Å². The lowest BCUT2D eigenvalue weighted by Gasteiger charge is -2.31. The summed E-state index contributed by atoms with van der Waals surface area (Å²) in [7, 11) is 4.14. The molecule has 3 aromatic carbocycles. The third kappa shape index (κ3) is 6.11. The monoisotopic (exact) mass is 492 g/mol. The zero-order chi connectivity index (χ0) is 25.6. The van der Waals surface area contributed by atoms with Gasteiger partial charge in [-0.2, -0.15) is 0 Å². The Morgan fingerprint density at radius 3 is 2.19 bits per heavy atom. The van der Waals surface area contributed by atoms with E-state index in [4.69, 9.17) is 4.98 Å². The summed E-state index contributed by atoms with van der Waals surface area (Å²) in [6, 6.07) is 31.4. The summed E-state index contributed by atoms with van der Waals surface area (Å²) in [6.07, 6.45) is 4.64. The van der Waals surface area contributed by atoms with Gasteiger partial charge in [-0.1, -0.05) is 78.9 Å². The summed E-state index contributed by atoms with van der Waals surface area (Å²) in [5, 5.41) is 8.21. The SMILES string of the molecule is CN(C)c1cc(N[C@H]2CC[C@@H](NC(=O)C(Cc3ccccc3)c3ccccc3)CC2)nc2ccccc12. The largest absolute Gasteiger partial charge is 0.377 e. The van der Waals surface area contributed by atoms with Crippen molar-refractivity contribution in [2.24, 2.45) is 0 Å². The van der Waals surface area contributed by atoms with E-state index in [-0.39, 0.29) is 17.9 Å². The summed E-state index contributed by atoms with van der Waals surface area (Å²) in [4.78, 5) is 20.5. The van der Waals surface area contributed by atoms with Gasteiger partial charge >= 0.3 is 0 Å². The van der Waals surface area contributed by atoms with E-state index >= 15 is 0 Å². The number of carbonyl (C=O) groups is 1. The van der Waals surface area contributed by atoms with Crippen molar-refractivity contribution in [2.45, 2.75) is 50.1 Å². The van der Waals surface area contributed by atoms with Gasteiger partial charge in [-0.15, -0.1) is 0 Å². The molecule has 0 saturated heterocycles. The first-order chi connectivity index (χ1) is 18.1. The van der Waals surface area contributed by atoms with Gasteiger partial charge in [0.05, 0.1) is 11.4 Å². The van der Waals surface area contributed by atoms with E-state index < -0.39 is 0 Å². The summed E-state index contributed by atoms with van der Waals surface area (Å²) in [6.45, 7) is 0. The first kappa shape index (κ1) is 24.8. The van der Waals surface area contributed by atoms with Crippen LogP contribution in [0.15, 0.2) is 91.0 Å². The zero-order valence-corrected chi connectivity index (χ0v) is 21.7. The Kier molecular flexibility index (Phi) is 7.69. The summed E-state index contributed by atoms with van der Waals surface area (Å²) in [5.41, 5.74) is 4.42.